The third-order valence-electron chi connectivity index (χ3n) is 4.71. The van der Waals surface area contributed by atoms with Gasteiger partial charge in [-0.2, -0.15) is 0 Å². The van der Waals surface area contributed by atoms with Crippen molar-refractivity contribution in [3.63, 3.8) is 0 Å². The topological polar surface area (TPSA) is 29.5 Å². The number of ether oxygens (including phenoxy) is 1. The van der Waals surface area contributed by atoms with E-state index in [1.807, 2.05) is 61.7 Å². The van der Waals surface area contributed by atoms with E-state index in [0.29, 0.717) is 23.4 Å². The number of hydrogen-bond acceptors (Lipinski definition) is 3. The molecule has 4 heteroatoms. The Hall–Kier alpha value is -2.10. The molecule has 0 bridgehead atoms. The molecule has 0 spiro atoms. The number of carbonyl (C=O) groups is 1. The van der Waals surface area contributed by atoms with Crippen LogP contribution < -0.4 is 0 Å². The van der Waals surface area contributed by atoms with Crippen LogP contribution >= 0.6 is 11.6 Å². The molecule has 1 atom stereocenters. The lowest BCUT2D eigenvalue weighted by molar-refractivity contribution is -0.0358. The highest BCUT2D eigenvalue weighted by molar-refractivity contribution is 6.30. The lowest BCUT2D eigenvalue weighted by atomic mass is 9.81. The quantitative estimate of drug-likeness (QED) is 0.566. The van der Waals surface area contributed by atoms with Crippen LogP contribution in [0.1, 0.15) is 27.9 Å². The van der Waals surface area contributed by atoms with Gasteiger partial charge in [-0.25, -0.2) is 4.79 Å². The number of hydrogen-bond donors (Lipinski definition) is 0. The summed E-state index contributed by atoms with van der Waals surface area (Å²) in [6.45, 7) is 5.37. The molecule has 1 unspecified atom stereocenters. The van der Waals surface area contributed by atoms with E-state index in [0.717, 1.165) is 24.2 Å². The van der Waals surface area contributed by atoms with Crippen LogP contribution in [0.3, 0.4) is 0 Å². The summed E-state index contributed by atoms with van der Waals surface area (Å²) in [5.41, 5.74) is 1.99. The fourth-order valence-electron chi connectivity index (χ4n) is 3.33. The number of likely N-dealkylation sites (N-methyl/N-ethyl adjacent to an activating group) is 1. The second kappa shape index (κ2) is 7.42. The average Bonchev–Trinajstić information content (AvgIpc) is 2.61. The van der Waals surface area contributed by atoms with Crippen LogP contribution in [-0.4, -0.2) is 31.0 Å². The Kier molecular flexibility index (Phi) is 5.26. The molecule has 0 amide bonds. The molecule has 0 aliphatic carbocycles. The van der Waals surface area contributed by atoms with Crippen LogP contribution in [0.5, 0.6) is 0 Å². The first-order valence-corrected chi connectivity index (χ1v) is 8.78. The minimum absolute atomic E-state index is 0.261. The number of fused-ring (bicyclic) bond motifs is 1. The summed E-state index contributed by atoms with van der Waals surface area (Å²) in [7, 11) is 2.04. The summed E-state index contributed by atoms with van der Waals surface area (Å²) in [6, 6.07) is 15.3. The summed E-state index contributed by atoms with van der Waals surface area (Å²) in [5.74, 6) is -0.261. The molecule has 3 rings (SSSR count). The zero-order valence-corrected chi connectivity index (χ0v) is 15.1. The molecule has 0 aromatic heterocycles. The first kappa shape index (κ1) is 17.7. The first-order chi connectivity index (χ1) is 12.0. The van der Waals surface area contributed by atoms with Crippen molar-refractivity contribution < 1.29 is 9.53 Å². The van der Waals surface area contributed by atoms with E-state index in [1.165, 1.54) is 0 Å². The maximum Gasteiger partial charge on any atom is 0.339 e. The molecule has 1 aliphatic heterocycles. The SMILES string of the molecule is C=CCN(C)CCC1(c2ccc(Cl)cc2)Cc2ccccc2C(=O)O1. The highest BCUT2D eigenvalue weighted by Crippen LogP contribution is 2.39. The Bertz CT molecular complexity index is 772. The largest absolute Gasteiger partial charge is 0.450 e. The molecule has 0 N–H and O–H groups in total. The second-order valence-corrected chi connectivity index (χ2v) is 6.96. The highest BCUT2D eigenvalue weighted by atomic mass is 35.5. The number of carbonyl (C=O) groups excluding carboxylic acids is 1. The van der Waals surface area contributed by atoms with Crippen LogP contribution in [-0.2, 0) is 16.8 Å². The number of esters is 1. The lowest BCUT2D eigenvalue weighted by Crippen LogP contribution is -2.41. The van der Waals surface area contributed by atoms with Crippen molar-refractivity contribution >= 4 is 17.6 Å². The molecular formula is C21H22ClNO2. The van der Waals surface area contributed by atoms with Gasteiger partial charge in [-0.15, -0.1) is 6.58 Å². The standard InChI is InChI=1S/C21H22ClNO2/c1-3-13-23(2)14-12-21(17-8-10-18(22)11-9-17)15-16-6-4-5-7-19(16)20(24)25-21/h3-11H,1,12-15H2,2H3. The molecule has 0 fully saturated rings. The van der Waals surface area contributed by atoms with Crippen LogP contribution in [0, 0.1) is 0 Å². The molecule has 0 saturated heterocycles. The number of benzene rings is 2. The van der Waals surface area contributed by atoms with Crippen molar-refractivity contribution in [2.24, 2.45) is 0 Å². The molecule has 2 aromatic carbocycles. The third-order valence-corrected chi connectivity index (χ3v) is 4.96. The van der Waals surface area contributed by atoms with E-state index in [1.54, 1.807) is 0 Å². The first-order valence-electron chi connectivity index (χ1n) is 8.41. The van der Waals surface area contributed by atoms with Gasteiger partial charge in [0.05, 0.1) is 5.56 Å². The van der Waals surface area contributed by atoms with Gasteiger partial charge >= 0.3 is 5.97 Å². The number of cyclic esters (lactones) is 1. The molecule has 0 saturated carbocycles. The molecule has 0 radical (unpaired) electrons. The Balaban J connectivity index is 1.97. The number of rotatable bonds is 6. The van der Waals surface area contributed by atoms with Crippen LogP contribution in [0.25, 0.3) is 0 Å². The van der Waals surface area contributed by atoms with Crippen molar-refractivity contribution in [3.05, 3.63) is 82.9 Å². The van der Waals surface area contributed by atoms with Crippen LogP contribution in [0.15, 0.2) is 61.2 Å². The number of nitrogens with zero attached hydrogens (tertiary/aromatic N) is 1. The van der Waals surface area contributed by atoms with E-state index < -0.39 is 5.60 Å². The fraction of sp³-hybridized carbons (Fsp3) is 0.286. The summed E-state index contributed by atoms with van der Waals surface area (Å²) in [4.78, 5) is 14.8. The minimum atomic E-state index is -0.675. The van der Waals surface area contributed by atoms with E-state index in [4.69, 9.17) is 16.3 Å². The zero-order chi connectivity index (χ0) is 17.9. The Morgan fingerprint density at radius 2 is 1.96 bits per heavy atom. The Morgan fingerprint density at radius 1 is 1.24 bits per heavy atom. The van der Waals surface area contributed by atoms with Crippen LogP contribution in [0.2, 0.25) is 5.02 Å². The normalized spacial score (nSPS) is 19.4. The van der Waals surface area contributed by atoms with Gasteiger partial charge in [-0.05, 0) is 36.4 Å². The van der Waals surface area contributed by atoms with Gasteiger partial charge in [0.15, 0.2) is 0 Å². The van der Waals surface area contributed by atoms with Gasteiger partial charge in [-0.3, -0.25) is 0 Å². The fourth-order valence-corrected chi connectivity index (χ4v) is 3.46. The Morgan fingerprint density at radius 3 is 2.68 bits per heavy atom. The van der Waals surface area contributed by atoms with E-state index in [-0.39, 0.29) is 5.97 Å². The summed E-state index contributed by atoms with van der Waals surface area (Å²) in [6.07, 6.45) is 3.24. The smallest absolute Gasteiger partial charge is 0.339 e. The minimum Gasteiger partial charge on any atom is -0.450 e. The summed E-state index contributed by atoms with van der Waals surface area (Å²) < 4.78 is 6.02. The molecular weight excluding hydrogens is 334 g/mol. The van der Waals surface area contributed by atoms with Gasteiger partial charge < -0.3 is 9.64 Å². The van der Waals surface area contributed by atoms with Crippen molar-refractivity contribution in [1.29, 1.82) is 0 Å². The summed E-state index contributed by atoms with van der Waals surface area (Å²) in [5, 5.41) is 0.671. The van der Waals surface area contributed by atoms with Gasteiger partial charge in [0, 0.05) is 31.0 Å². The lowest BCUT2D eigenvalue weighted by Gasteiger charge is -2.39. The van der Waals surface area contributed by atoms with Crippen molar-refractivity contribution in [2.45, 2.75) is 18.4 Å². The van der Waals surface area contributed by atoms with Gasteiger partial charge in [0.1, 0.15) is 5.60 Å². The maximum absolute atomic E-state index is 12.6. The van der Waals surface area contributed by atoms with Crippen molar-refractivity contribution in [3.8, 4) is 0 Å². The van der Waals surface area contributed by atoms with E-state index in [9.17, 15) is 4.79 Å². The molecule has 3 nitrogen and oxygen atoms in total. The third kappa shape index (κ3) is 3.78. The monoisotopic (exact) mass is 355 g/mol. The number of halogens is 1. The maximum atomic E-state index is 12.6. The highest BCUT2D eigenvalue weighted by Gasteiger charge is 2.41. The molecule has 2 aromatic rings. The van der Waals surface area contributed by atoms with Gasteiger partial charge in [-0.1, -0.05) is 48.0 Å². The molecule has 25 heavy (non-hydrogen) atoms. The van der Waals surface area contributed by atoms with Gasteiger partial charge in [0.2, 0.25) is 0 Å². The van der Waals surface area contributed by atoms with E-state index >= 15 is 0 Å². The molecule has 1 aliphatic rings. The van der Waals surface area contributed by atoms with Crippen molar-refractivity contribution in [1.82, 2.24) is 4.90 Å². The predicted molar refractivity (Wildman–Crippen MR) is 101 cm³/mol. The molecule has 130 valence electrons. The molecule has 1 heterocycles. The average molecular weight is 356 g/mol. The van der Waals surface area contributed by atoms with Crippen LogP contribution in [0.4, 0.5) is 0 Å². The predicted octanol–water partition coefficient (Wildman–Crippen LogP) is 4.46. The Labute approximate surface area is 153 Å². The summed E-state index contributed by atoms with van der Waals surface area (Å²) >= 11 is 6.05. The second-order valence-electron chi connectivity index (χ2n) is 6.53. The van der Waals surface area contributed by atoms with Gasteiger partial charge in [0.25, 0.3) is 0 Å². The van der Waals surface area contributed by atoms with E-state index in [2.05, 4.69) is 11.5 Å². The van der Waals surface area contributed by atoms with Crippen molar-refractivity contribution in [2.75, 3.05) is 20.1 Å². The zero-order valence-electron chi connectivity index (χ0n) is 14.4.